The van der Waals surface area contributed by atoms with Crippen LogP contribution in [0, 0.1) is 0 Å². The third-order valence-corrected chi connectivity index (χ3v) is 11.2. The SMILES string of the molecule is CCCCC/C=C/CC/C=C/C(O)C(COC1OC(CO)C(OC2OC(CO)C(O)C(O)C2O)C(O)C1O)NC(=O)CCCCCCCCC/C=C\C/C=C\CCCCCC. The fraction of sp³-hybridized carbons (Fsp3) is 0.809. The van der Waals surface area contributed by atoms with Crippen molar-refractivity contribution in [3.63, 3.8) is 0 Å². The van der Waals surface area contributed by atoms with E-state index in [1.165, 1.54) is 57.8 Å². The van der Waals surface area contributed by atoms with Gasteiger partial charge in [0.25, 0.3) is 0 Å². The molecule has 0 saturated carbocycles. The van der Waals surface area contributed by atoms with Gasteiger partial charge in [0, 0.05) is 6.42 Å². The van der Waals surface area contributed by atoms with E-state index in [9.17, 15) is 45.6 Å². The maximum atomic E-state index is 13.1. The molecule has 2 saturated heterocycles. The third kappa shape index (κ3) is 22.4. The number of aliphatic hydroxyl groups excluding tert-OH is 8. The maximum absolute atomic E-state index is 13.1. The predicted molar refractivity (Wildman–Crippen MR) is 235 cm³/mol. The minimum Gasteiger partial charge on any atom is -0.394 e. The molecule has 0 bridgehead atoms. The van der Waals surface area contributed by atoms with E-state index in [-0.39, 0.29) is 18.9 Å². The second-order valence-corrected chi connectivity index (χ2v) is 16.5. The van der Waals surface area contributed by atoms with Crippen molar-refractivity contribution in [3.05, 3.63) is 48.6 Å². The van der Waals surface area contributed by atoms with E-state index in [0.29, 0.717) is 12.8 Å². The zero-order valence-electron chi connectivity index (χ0n) is 37.1. The number of carbonyl (C=O) groups is 1. The van der Waals surface area contributed by atoms with Crippen LogP contribution in [0.5, 0.6) is 0 Å². The summed E-state index contributed by atoms with van der Waals surface area (Å²) >= 11 is 0. The molecule has 9 N–H and O–H groups in total. The number of hydrogen-bond donors (Lipinski definition) is 9. The second kappa shape index (κ2) is 34.4. The van der Waals surface area contributed by atoms with Gasteiger partial charge < -0.3 is 65.1 Å². The number of ether oxygens (including phenoxy) is 4. The normalized spacial score (nSPS) is 28.4. The van der Waals surface area contributed by atoms with Crippen LogP contribution in [-0.2, 0) is 23.7 Å². The van der Waals surface area contributed by atoms with Crippen LogP contribution in [-0.4, -0.2) is 140 Å². The lowest BCUT2D eigenvalue weighted by atomic mass is 9.97. The molecule has 1 amide bonds. The van der Waals surface area contributed by atoms with Crippen molar-refractivity contribution in [1.29, 1.82) is 0 Å². The molecule has 0 spiro atoms. The van der Waals surface area contributed by atoms with E-state index in [0.717, 1.165) is 57.8 Å². The fourth-order valence-electron chi connectivity index (χ4n) is 7.33. The van der Waals surface area contributed by atoms with Crippen molar-refractivity contribution < 1.29 is 64.6 Å². The Morgan fingerprint density at radius 2 is 1.10 bits per heavy atom. The summed E-state index contributed by atoms with van der Waals surface area (Å²) in [6.45, 7) is 2.66. The van der Waals surface area contributed by atoms with Crippen molar-refractivity contribution in [2.45, 2.75) is 222 Å². The van der Waals surface area contributed by atoms with Gasteiger partial charge in [-0.3, -0.25) is 4.79 Å². The summed E-state index contributed by atoms with van der Waals surface area (Å²) in [7, 11) is 0. The van der Waals surface area contributed by atoms with Gasteiger partial charge in [0.15, 0.2) is 12.6 Å². The van der Waals surface area contributed by atoms with E-state index < -0.39 is 86.8 Å². The summed E-state index contributed by atoms with van der Waals surface area (Å²) < 4.78 is 22.6. The summed E-state index contributed by atoms with van der Waals surface area (Å²) in [5.41, 5.74) is 0. The molecule has 12 atom stereocenters. The Hall–Kier alpha value is -2.05. The van der Waals surface area contributed by atoms with Crippen molar-refractivity contribution in [3.8, 4) is 0 Å². The van der Waals surface area contributed by atoms with Crippen LogP contribution in [0.15, 0.2) is 48.6 Å². The van der Waals surface area contributed by atoms with Crippen molar-refractivity contribution in [2.24, 2.45) is 0 Å². The van der Waals surface area contributed by atoms with Gasteiger partial charge in [-0.15, -0.1) is 0 Å². The smallest absolute Gasteiger partial charge is 0.220 e. The van der Waals surface area contributed by atoms with Gasteiger partial charge in [-0.05, 0) is 64.2 Å². The lowest BCUT2D eigenvalue weighted by Gasteiger charge is -2.46. The Morgan fingerprint density at radius 3 is 1.74 bits per heavy atom. The van der Waals surface area contributed by atoms with Crippen LogP contribution in [0.1, 0.15) is 149 Å². The van der Waals surface area contributed by atoms with E-state index in [4.69, 9.17) is 18.9 Å². The zero-order valence-corrected chi connectivity index (χ0v) is 37.1. The highest BCUT2D eigenvalue weighted by molar-refractivity contribution is 5.76. The highest BCUT2D eigenvalue weighted by Crippen LogP contribution is 2.30. The fourth-order valence-corrected chi connectivity index (χ4v) is 7.33. The third-order valence-electron chi connectivity index (χ3n) is 11.2. The molecule has 354 valence electrons. The van der Waals surface area contributed by atoms with Gasteiger partial charge in [0.1, 0.15) is 48.8 Å². The number of rotatable bonds is 34. The Kier molecular flexibility index (Phi) is 31.0. The molecule has 0 aliphatic carbocycles. The molecule has 12 unspecified atom stereocenters. The van der Waals surface area contributed by atoms with Gasteiger partial charge in [-0.2, -0.15) is 0 Å². The van der Waals surface area contributed by atoms with Crippen molar-refractivity contribution in [2.75, 3.05) is 19.8 Å². The number of amides is 1. The summed E-state index contributed by atoms with van der Waals surface area (Å²) in [5.74, 6) is -0.263. The van der Waals surface area contributed by atoms with Crippen LogP contribution < -0.4 is 5.32 Å². The number of nitrogens with one attached hydrogen (secondary N) is 1. The monoisotopic (exact) mass is 870 g/mol. The molecular formula is C47H83NO13. The first-order valence-corrected chi connectivity index (χ1v) is 23.4. The van der Waals surface area contributed by atoms with E-state index in [2.05, 4.69) is 55.6 Å². The lowest BCUT2D eigenvalue weighted by molar-refractivity contribution is -0.359. The molecule has 2 fully saturated rings. The highest BCUT2D eigenvalue weighted by Gasteiger charge is 2.50. The molecule has 14 nitrogen and oxygen atoms in total. The van der Waals surface area contributed by atoms with Gasteiger partial charge in [-0.1, -0.05) is 127 Å². The lowest BCUT2D eigenvalue weighted by Crippen LogP contribution is -2.65. The van der Waals surface area contributed by atoms with E-state index >= 15 is 0 Å². The van der Waals surface area contributed by atoms with Gasteiger partial charge in [0.05, 0.1) is 32.0 Å². The number of aliphatic hydroxyl groups is 8. The second-order valence-electron chi connectivity index (χ2n) is 16.5. The average Bonchev–Trinajstić information content (AvgIpc) is 3.26. The van der Waals surface area contributed by atoms with Crippen LogP contribution in [0.3, 0.4) is 0 Å². The first kappa shape index (κ1) is 55.1. The molecule has 14 heteroatoms. The molecule has 61 heavy (non-hydrogen) atoms. The van der Waals surface area contributed by atoms with Gasteiger partial charge in [0.2, 0.25) is 5.91 Å². The minimum absolute atomic E-state index is 0.262. The summed E-state index contributed by atoms with van der Waals surface area (Å²) in [6, 6.07) is -0.933. The van der Waals surface area contributed by atoms with Crippen LogP contribution >= 0.6 is 0 Å². The molecular weight excluding hydrogens is 787 g/mol. The van der Waals surface area contributed by atoms with Gasteiger partial charge in [-0.25, -0.2) is 0 Å². The Labute approximate surface area is 365 Å². The largest absolute Gasteiger partial charge is 0.394 e. The maximum Gasteiger partial charge on any atom is 0.220 e. The topological polar surface area (TPSA) is 228 Å². The molecule has 2 heterocycles. The zero-order chi connectivity index (χ0) is 44.7. The number of carbonyl (C=O) groups excluding carboxylic acids is 1. The summed E-state index contributed by atoms with van der Waals surface area (Å²) in [5, 5.41) is 86.3. The number of unbranched alkanes of at least 4 members (excludes halogenated alkanes) is 15. The summed E-state index contributed by atoms with van der Waals surface area (Å²) in [6.07, 6.45) is 21.7. The first-order chi connectivity index (χ1) is 29.6. The van der Waals surface area contributed by atoms with Crippen molar-refractivity contribution in [1.82, 2.24) is 5.32 Å². The van der Waals surface area contributed by atoms with Gasteiger partial charge >= 0.3 is 0 Å². The number of allylic oxidation sites excluding steroid dienone is 7. The average molecular weight is 870 g/mol. The van der Waals surface area contributed by atoms with E-state index in [1.807, 2.05) is 6.08 Å². The first-order valence-electron chi connectivity index (χ1n) is 23.4. The standard InChI is InChI=1S/C47H83NO13/c1-3-5-7-9-11-13-14-15-16-17-18-19-20-21-23-25-27-29-31-39(52)48-35(36(51)30-28-26-24-22-12-10-8-6-4-2)34-58-46-44(57)42(55)45(38(33-50)60-46)61-47-43(56)41(54)40(53)37(32-49)59-47/h12-14,16-17,22,28,30,35-38,40-47,49-51,53-57H,3-11,15,18-21,23-27,29,31-34H2,1-2H3,(H,48,52)/b14-13-,17-16-,22-12+,30-28+. The highest BCUT2D eigenvalue weighted by atomic mass is 16.7. The minimum atomic E-state index is -1.79. The molecule has 2 rings (SSSR count). The van der Waals surface area contributed by atoms with Crippen LogP contribution in [0.2, 0.25) is 0 Å². The van der Waals surface area contributed by atoms with Crippen LogP contribution in [0.25, 0.3) is 0 Å². The molecule has 0 aromatic heterocycles. The Balaban J connectivity index is 1.86. The molecule has 0 aromatic rings. The molecule has 0 aromatic carbocycles. The summed E-state index contributed by atoms with van der Waals surface area (Å²) in [4.78, 5) is 13.1. The van der Waals surface area contributed by atoms with Crippen LogP contribution in [0.4, 0.5) is 0 Å². The number of hydrogen-bond acceptors (Lipinski definition) is 13. The predicted octanol–water partition coefficient (Wildman–Crippen LogP) is 4.93. The Morgan fingerprint density at radius 1 is 0.590 bits per heavy atom. The van der Waals surface area contributed by atoms with E-state index in [1.54, 1.807) is 6.08 Å². The van der Waals surface area contributed by atoms with Crippen molar-refractivity contribution >= 4 is 5.91 Å². The quantitative estimate of drug-likeness (QED) is 0.0309. The Bertz CT molecular complexity index is 1210. The molecule has 0 radical (unpaired) electrons. The molecule has 2 aliphatic heterocycles. The molecule has 2 aliphatic rings.